The molecule has 1 unspecified atom stereocenters. The number of piperidine rings is 1. The highest BCUT2D eigenvalue weighted by atomic mass is 16.5. The van der Waals surface area contributed by atoms with Gasteiger partial charge < -0.3 is 14.8 Å². The number of rotatable bonds is 8. The highest BCUT2D eigenvalue weighted by Crippen LogP contribution is 2.17. The summed E-state index contributed by atoms with van der Waals surface area (Å²) in [5.41, 5.74) is 1.14. The van der Waals surface area contributed by atoms with Crippen LogP contribution in [-0.4, -0.2) is 56.2 Å². The number of carbonyl (C=O) groups excluding carboxylic acids is 2. The maximum Gasteiger partial charge on any atom is 0.310 e. The van der Waals surface area contributed by atoms with E-state index >= 15 is 0 Å². The fourth-order valence-corrected chi connectivity index (χ4v) is 2.98. The Kier molecular flexibility index (Phi) is 7.73. The summed E-state index contributed by atoms with van der Waals surface area (Å²) < 4.78 is 10.7. The number of amides is 1. The Balaban J connectivity index is 1.65. The number of benzene rings is 1. The number of ether oxygens (including phenoxy) is 2. The zero-order chi connectivity index (χ0) is 18.1. The van der Waals surface area contributed by atoms with Gasteiger partial charge in [-0.2, -0.15) is 0 Å². The molecule has 1 amide bonds. The standard InChI is InChI=1S/C19H28N2O4/c1-3-24-19(23)16-7-5-10-21(13-16)14-18(22)20-9-11-25-17-8-4-6-15(2)12-17/h4,6,8,12,16H,3,5,7,9-11,13-14H2,1-2H3,(H,20,22). The molecule has 0 aliphatic carbocycles. The number of aryl methyl sites for hydroxylation is 1. The molecule has 1 saturated heterocycles. The highest BCUT2D eigenvalue weighted by Gasteiger charge is 2.27. The van der Waals surface area contributed by atoms with E-state index in [1.54, 1.807) is 0 Å². The number of nitrogens with one attached hydrogen (secondary N) is 1. The van der Waals surface area contributed by atoms with Gasteiger partial charge in [-0.25, -0.2) is 0 Å². The number of nitrogens with zero attached hydrogens (tertiary/aromatic N) is 1. The molecular formula is C19H28N2O4. The average Bonchev–Trinajstić information content (AvgIpc) is 2.59. The van der Waals surface area contributed by atoms with Crippen LogP contribution >= 0.6 is 0 Å². The molecule has 138 valence electrons. The van der Waals surface area contributed by atoms with Crippen molar-refractivity contribution in [2.24, 2.45) is 5.92 Å². The van der Waals surface area contributed by atoms with Crippen LogP contribution in [0.25, 0.3) is 0 Å². The molecule has 1 aliphatic heterocycles. The molecule has 1 heterocycles. The fourth-order valence-electron chi connectivity index (χ4n) is 2.98. The Morgan fingerprint density at radius 1 is 1.36 bits per heavy atom. The van der Waals surface area contributed by atoms with Crippen LogP contribution in [0.4, 0.5) is 0 Å². The van der Waals surface area contributed by atoms with Crippen LogP contribution in [0.15, 0.2) is 24.3 Å². The van der Waals surface area contributed by atoms with Gasteiger partial charge in [0.25, 0.3) is 0 Å². The molecule has 1 aliphatic rings. The number of esters is 1. The number of likely N-dealkylation sites (tertiary alicyclic amines) is 1. The maximum atomic E-state index is 12.1. The predicted octanol–water partition coefficient (Wildman–Crippen LogP) is 1.77. The Hall–Kier alpha value is -2.08. The lowest BCUT2D eigenvalue weighted by molar-refractivity contribution is -0.150. The first-order chi connectivity index (χ1) is 12.1. The van der Waals surface area contributed by atoms with Crippen LogP contribution in [0, 0.1) is 12.8 Å². The second-order valence-electron chi connectivity index (χ2n) is 6.34. The third-order valence-corrected chi connectivity index (χ3v) is 4.18. The lowest BCUT2D eigenvalue weighted by atomic mass is 9.98. The van der Waals surface area contributed by atoms with E-state index in [-0.39, 0.29) is 17.8 Å². The minimum absolute atomic E-state index is 0.0441. The first-order valence-electron chi connectivity index (χ1n) is 8.93. The first kappa shape index (κ1) is 19.2. The molecule has 1 atom stereocenters. The number of hydrogen-bond donors (Lipinski definition) is 1. The molecule has 1 fully saturated rings. The Morgan fingerprint density at radius 2 is 2.20 bits per heavy atom. The normalized spacial score (nSPS) is 17.8. The number of hydrogen-bond acceptors (Lipinski definition) is 5. The van der Waals surface area contributed by atoms with Crippen molar-refractivity contribution >= 4 is 11.9 Å². The summed E-state index contributed by atoms with van der Waals surface area (Å²) in [6.45, 7) is 6.84. The second-order valence-corrected chi connectivity index (χ2v) is 6.34. The van der Waals surface area contributed by atoms with Gasteiger partial charge in [0.15, 0.2) is 0 Å². The van der Waals surface area contributed by atoms with E-state index < -0.39 is 0 Å². The lowest BCUT2D eigenvalue weighted by Crippen LogP contribution is -2.45. The largest absolute Gasteiger partial charge is 0.492 e. The van der Waals surface area contributed by atoms with Gasteiger partial charge in [-0.05, 0) is 50.9 Å². The molecule has 1 N–H and O–H groups in total. The summed E-state index contributed by atoms with van der Waals surface area (Å²) in [6, 6.07) is 7.82. The van der Waals surface area contributed by atoms with E-state index in [4.69, 9.17) is 9.47 Å². The molecule has 1 aromatic rings. The van der Waals surface area contributed by atoms with E-state index in [1.807, 2.05) is 43.0 Å². The van der Waals surface area contributed by atoms with Crippen molar-refractivity contribution in [2.45, 2.75) is 26.7 Å². The van der Waals surface area contributed by atoms with Crippen molar-refractivity contribution in [3.8, 4) is 5.75 Å². The average molecular weight is 348 g/mol. The summed E-state index contributed by atoms with van der Waals surface area (Å²) >= 11 is 0. The van der Waals surface area contributed by atoms with Gasteiger partial charge in [0, 0.05) is 6.54 Å². The van der Waals surface area contributed by atoms with E-state index in [0.29, 0.717) is 32.8 Å². The smallest absolute Gasteiger partial charge is 0.310 e. The molecule has 0 spiro atoms. The Labute approximate surface area is 149 Å². The third kappa shape index (κ3) is 6.74. The van der Waals surface area contributed by atoms with Crippen LogP contribution in [-0.2, 0) is 14.3 Å². The minimum atomic E-state index is -0.154. The van der Waals surface area contributed by atoms with Gasteiger partial charge in [-0.3, -0.25) is 14.5 Å². The fraction of sp³-hybridized carbons (Fsp3) is 0.579. The van der Waals surface area contributed by atoms with Crippen LogP contribution in [0.1, 0.15) is 25.3 Å². The zero-order valence-electron chi connectivity index (χ0n) is 15.1. The third-order valence-electron chi connectivity index (χ3n) is 4.18. The molecule has 0 bridgehead atoms. The molecule has 0 aromatic heterocycles. The molecule has 6 nitrogen and oxygen atoms in total. The van der Waals surface area contributed by atoms with E-state index in [9.17, 15) is 9.59 Å². The quantitative estimate of drug-likeness (QED) is 0.573. The number of carbonyl (C=O) groups is 2. The lowest BCUT2D eigenvalue weighted by Gasteiger charge is -2.30. The Morgan fingerprint density at radius 3 is 2.96 bits per heavy atom. The van der Waals surface area contributed by atoms with Crippen molar-refractivity contribution < 1.29 is 19.1 Å². The van der Waals surface area contributed by atoms with Crippen molar-refractivity contribution in [2.75, 3.05) is 39.4 Å². The Bertz CT molecular complexity index is 576. The minimum Gasteiger partial charge on any atom is -0.492 e. The summed E-state index contributed by atoms with van der Waals surface area (Å²) in [4.78, 5) is 25.9. The summed E-state index contributed by atoms with van der Waals surface area (Å²) in [5, 5.41) is 2.86. The van der Waals surface area contributed by atoms with Crippen molar-refractivity contribution in [1.29, 1.82) is 0 Å². The second kappa shape index (κ2) is 10.0. The van der Waals surface area contributed by atoms with Crippen LogP contribution in [0.2, 0.25) is 0 Å². The van der Waals surface area contributed by atoms with Crippen LogP contribution in [0.3, 0.4) is 0 Å². The molecule has 6 heteroatoms. The molecule has 25 heavy (non-hydrogen) atoms. The van der Waals surface area contributed by atoms with Crippen molar-refractivity contribution in [3.63, 3.8) is 0 Å². The SMILES string of the molecule is CCOC(=O)C1CCCN(CC(=O)NCCOc2cccc(C)c2)C1. The van der Waals surface area contributed by atoms with Crippen molar-refractivity contribution in [3.05, 3.63) is 29.8 Å². The molecule has 2 rings (SSSR count). The zero-order valence-corrected chi connectivity index (χ0v) is 15.1. The summed E-state index contributed by atoms with van der Waals surface area (Å²) in [6.07, 6.45) is 1.74. The topological polar surface area (TPSA) is 67.9 Å². The van der Waals surface area contributed by atoms with E-state index in [1.165, 1.54) is 0 Å². The monoisotopic (exact) mass is 348 g/mol. The molecular weight excluding hydrogens is 320 g/mol. The van der Waals surface area contributed by atoms with Gasteiger partial charge in [-0.1, -0.05) is 12.1 Å². The van der Waals surface area contributed by atoms with Crippen LogP contribution < -0.4 is 10.1 Å². The highest BCUT2D eigenvalue weighted by molar-refractivity contribution is 5.78. The predicted molar refractivity (Wildman–Crippen MR) is 95.5 cm³/mol. The van der Waals surface area contributed by atoms with Gasteiger partial charge >= 0.3 is 5.97 Å². The van der Waals surface area contributed by atoms with Gasteiger partial charge in [0.05, 0.1) is 25.6 Å². The van der Waals surface area contributed by atoms with E-state index in [0.717, 1.165) is 30.7 Å². The van der Waals surface area contributed by atoms with Gasteiger partial charge in [0.1, 0.15) is 12.4 Å². The molecule has 0 radical (unpaired) electrons. The van der Waals surface area contributed by atoms with E-state index in [2.05, 4.69) is 5.32 Å². The summed E-state index contributed by atoms with van der Waals surface area (Å²) in [7, 11) is 0. The maximum absolute atomic E-state index is 12.1. The van der Waals surface area contributed by atoms with Crippen LogP contribution in [0.5, 0.6) is 5.75 Å². The molecule has 1 aromatic carbocycles. The van der Waals surface area contributed by atoms with Gasteiger partial charge in [0.2, 0.25) is 5.91 Å². The van der Waals surface area contributed by atoms with Crippen molar-refractivity contribution in [1.82, 2.24) is 10.2 Å². The van der Waals surface area contributed by atoms with Gasteiger partial charge in [-0.15, -0.1) is 0 Å². The summed E-state index contributed by atoms with van der Waals surface area (Å²) in [5.74, 6) is 0.491. The molecule has 0 saturated carbocycles. The first-order valence-corrected chi connectivity index (χ1v) is 8.93.